The summed E-state index contributed by atoms with van der Waals surface area (Å²) in [4.78, 5) is 2.38. The van der Waals surface area contributed by atoms with Crippen LogP contribution in [0, 0.1) is 0 Å². The first-order valence-corrected chi connectivity index (χ1v) is 13.9. The van der Waals surface area contributed by atoms with Crippen LogP contribution in [-0.2, 0) is 0 Å². The van der Waals surface area contributed by atoms with Crippen LogP contribution < -0.4 is 4.90 Å². The van der Waals surface area contributed by atoms with Crippen molar-refractivity contribution in [2.45, 2.75) is 0 Å². The first-order chi connectivity index (χ1) is 19.3. The van der Waals surface area contributed by atoms with Gasteiger partial charge in [-0.05, 0) is 59.7 Å². The molecule has 8 rings (SSSR count). The lowest BCUT2D eigenvalue weighted by Crippen LogP contribution is -2.10. The van der Waals surface area contributed by atoms with Gasteiger partial charge < -0.3 is 9.32 Å². The van der Waals surface area contributed by atoms with Crippen LogP contribution >= 0.6 is 11.3 Å². The van der Waals surface area contributed by atoms with Crippen LogP contribution in [0.2, 0.25) is 0 Å². The molecular weight excluding hydrogens is 494 g/mol. The molecule has 8 aromatic rings. The highest BCUT2D eigenvalue weighted by atomic mass is 32.1. The highest BCUT2D eigenvalue weighted by Crippen LogP contribution is 2.45. The molecule has 3 heteroatoms. The molecule has 0 radical (unpaired) electrons. The van der Waals surface area contributed by atoms with E-state index in [2.05, 4.69) is 132 Å². The maximum absolute atomic E-state index is 6.16. The van der Waals surface area contributed by atoms with Crippen molar-refractivity contribution < 1.29 is 4.42 Å². The minimum Gasteiger partial charge on any atom is -0.456 e. The number of hydrogen-bond donors (Lipinski definition) is 0. The molecule has 0 N–H and O–H groups in total. The van der Waals surface area contributed by atoms with Gasteiger partial charge in [0.25, 0.3) is 0 Å². The Hall–Kier alpha value is -4.86. The fourth-order valence-corrected chi connectivity index (χ4v) is 6.83. The van der Waals surface area contributed by atoms with E-state index in [1.165, 1.54) is 37.0 Å². The predicted octanol–water partition coefficient (Wildman–Crippen LogP) is 11.1. The summed E-state index contributed by atoms with van der Waals surface area (Å²) in [5, 5.41) is 4.84. The van der Waals surface area contributed by atoms with Crippen LogP contribution in [0.1, 0.15) is 0 Å². The first kappa shape index (κ1) is 22.2. The van der Waals surface area contributed by atoms with Crippen LogP contribution in [0.3, 0.4) is 0 Å². The zero-order valence-electron chi connectivity index (χ0n) is 21.0. The Morgan fingerprint density at radius 2 is 1.13 bits per heavy atom. The molecule has 0 saturated heterocycles. The van der Waals surface area contributed by atoms with Gasteiger partial charge in [0.1, 0.15) is 11.2 Å². The normalized spacial score (nSPS) is 11.6. The van der Waals surface area contributed by atoms with Gasteiger partial charge in [-0.15, -0.1) is 11.3 Å². The molecule has 0 saturated carbocycles. The van der Waals surface area contributed by atoms with Crippen molar-refractivity contribution in [3.05, 3.63) is 140 Å². The standard InChI is InChI=1S/C36H23NOS/c1-2-9-24(10-3-1)25-17-19-26(20-18-25)37(27-21-22-34-31(23-27)28-11-4-6-15-33(28)38-34)32-14-8-13-30-29-12-5-7-16-35(29)39-36(30)32/h1-23H. The van der Waals surface area contributed by atoms with E-state index in [4.69, 9.17) is 4.42 Å². The minimum atomic E-state index is 0.902. The number of rotatable bonds is 4. The molecule has 2 aromatic heterocycles. The summed E-state index contributed by atoms with van der Waals surface area (Å²) in [6, 6.07) is 49.6. The fourth-order valence-electron chi connectivity index (χ4n) is 5.62. The zero-order chi connectivity index (χ0) is 25.8. The Bertz CT molecular complexity index is 2120. The molecular formula is C36H23NOS. The summed E-state index contributed by atoms with van der Waals surface area (Å²) in [5.41, 5.74) is 7.63. The van der Waals surface area contributed by atoms with Gasteiger partial charge in [0.2, 0.25) is 0 Å². The molecule has 0 aliphatic heterocycles. The number of thiophene rings is 1. The molecule has 0 aliphatic rings. The van der Waals surface area contributed by atoms with Gasteiger partial charge in [-0.1, -0.05) is 91.0 Å². The van der Waals surface area contributed by atoms with Crippen molar-refractivity contribution in [3.8, 4) is 11.1 Å². The second-order valence-electron chi connectivity index (χ2n) is 9.78. The Balaban J connectivity index is 1.37. The topological polar surface area (TPSA) is 16.4 Å². The van der Waals surface area contributed by atoms with Crippen molar-refractivity contribution in [1.29, 1.82) is 0 Å². The molecule has 2 heterocycles. The van der Waals surface area contributed by atoms with Gasteiger partial charge in [-0.3, -0.25) is 0 Å². The molecule has 184 valence electrons. The zero-order valence-corrected chi connectivity index (χ0v) is 21.9. The van der Waals surface area contributed by atoms with E-state index in [1.54, 1.807) is 0 Å². The van der Waals surface area contributed by atoms with E-state index < -0.39 is 0 Å². The van der Waals surface area contributed by atoms with Crippen LogP contribution in [0.4, 0.5) is 17.1 Å². The van der Waals surface area contributed by atoms with E-state index in [0.29, 0.717) is 0 Å². The Kier molecular flexibility index (Phi) is 5.04. The SMILES string of the molecule is c1ccc(-c2ccc(N(c3ccc4oc5ccccc5c4c3)c3cccc4c3sc3ccccc34)cc2)cc1. The number of fused-ring (bicyclic) bond motifs is 6. The third-order valence-electron chi connectivity index (χ3n) is 7.48. The third kappa shape index (κ3) is 3.63. The van der Waals surface area contributed by atoms with Crippen LogP contribution in [0.25, 0.3) is 53.2 Å². The van der Waals surface area contributed by atoms with E-state index in [1.807, 2.05) is 23.5 Å². The molecule has 6 aromatic carbocycles. The van der Waals surface area contributed by atoms with E-state index in [9.17, 15) is 0 Å². The summed E-state index contributed by atoms with van der Waals surface area (Å²) in [7, 11) is 0. The lowest BCUT2D eigenvalue weighted by molar-refractivity contribution is 0.669. The van der Waals surface area contributed by atoms with Gasteiger partial charge >= 0.3 is 0 Å². The average Bonchev–Trinajstić information content (AvgIpc) is 3.57. The fraction of sp³-hybridized carbons (Fsp3) is 0. The number of furan rings is 1. The summed E-state index contributed by atoms with van der Waals surface area (Å²) < 4.78 is 8.74. The van der Waals surface area contributed by atoms with Gasteiger partial charge in [0.05, 0.1) is 10.4 Å². The second kappa shape index (κ2) is 8.87. The Labute approximate surface area is 230 Å². The quantitative estimate of drug-likeness (QED) is 0.231. The van der Waals surface area contributed by atoms with Gasteiger partial charge in [0.15, 0.2) is 0 Å². The number of benzene rings is 6. The number of hydrogen-bond acceptors (Lipinski definition) is 3. The van der Waals surface area contributed by atoms with Crippen molar-refractivity contribution >= 4 is 70.5 Å². The monoisotopic (exact) mass is 517 g/mol. The van der Waals surface area contributed by atoms with Gasteiger partial charge in [-0.2, -0.15) is 0 Å². The lowest BCUT2D eigenvalue weighted by atomic mass is 10.0. The lowest BCUT2D eigenvalue weighted by Gasteiger charge is -2.26. The maximum Gasteiger partial charge on any atom is 0.135 e. The van der Waals surface area contributed by atoms with Crippen LogP contribution in [0.5, 0.6) is 0 Å². The van der Waals surface area contributed by atoms with Crippen molar-refractivity contribution in [2.24, 2.45) is 0 Å². The number of nitrogens with zero attached hydrogens (tertiary/aromatic N) is 1. The number of para-hydroxylation sites is 1. The van der Waals surface area contributed by atoms with Gasteiger partial charge in [0, 0.05) is 37.6 Å². The summed E-state index contributed by atoms with van der Waals surface area (Å²) in [5.74, 6) is 0. The highest BCUT2D eigenvalue weighted by Gasteiger charge is 2.19. The molecule has 2 nitrogen and oxygen atoms in total. The van der Waals surface area contributed by atoms with Crippen LogP contribution in [0.15, 0.2) is 144 Å². The molecule has 0 atom stereocenters. The minimum absolute atomic E-state index is 0.902. The molecule has 0 bridgehead atoms. The van der Waals surface area contributed by atoms with E-state index >= 15 is 0 Å². The highest BCUT2D eigenvalue weighted by molar-refractivity contribution is 7.26. The average molecular weight is 518 g/mol. The number of anilines is 3. The molecule has 0 spiro atoms. The molecule has 0 aliphatic carbocycles. The Morgan fingerprint density at radius 3 is 2.00 bits per heavy atom. The van der Waals surface area contributed by atoms with Gasteiger partial charge in [-0.25, -0.2) is 0 Å². The molecule has 0 amide bonds. The third-order valence-corrected chi connectivity index (χ3v) is 8.68. The predicted molar refractivity (Wildman–Crippen MR) is 167 cm³/mol. The van der Waals surface area contributed by atoms with E-state index in [0.717, 1.165) is 33.3 Å². The van der Waals surface area contributed by atoms with Crippen molar-refractivity contribution in [2.75, 3.05) is 4.90 Å². The molecule has 39 heavy (non-hydrogen) atoms. The molecule has 0 unspecified atom stereocenters. The first-order valence-electron chi connectivity index (χ1n) is 13.1. The largest absolute Gasteiger partial charge is 0.456 e. The smallest absolute Gasteiger partial charge is 0.135 e. The summed E-state index contributed by atoms with van der Waals surface area (Å²) in [6.07, 6.45) is 0. The van der Waals surface area contributed by atoms with Crippen molar-refractivity contribution in [1.82, 2.24) is 0 Å². The van der Waals surface area contributed by atoms with Crippen molar-refractivity contribution in [3.63, 3.8) is 0 Å². The maximum atomic E-state index is 6.16. The van der Waals surface area contributed by atoms with Crippen LogP contribution in [-0.4, -0.2) is 0 Å². The molecule has 0 fully saturated rings. The Morgan fingerprint density at radius 1 is 0.462 bits per heavy atom. The summed E-state index contributed by atoms with van der Waals surface area (Å²) in [6.45, 7) is 0. The second-order valence-corrected chi connectivity index (χ2v) is 10.8. The summed E-state index contributed by atoms with van der Waals surface area (Å²) >= 11 is 1.85. The van der Waals surface area contributed by atoms with E-state index in [-0.39, 0.29) is 0 Å².